The normalized spacial score (nSPS) is 27.4. The van der Waals surface area contributed by atoms with Crippen LogP contribution < -0.4 is 0 Å². The van der Waals surface area contributed by atoms with Crippen molar-refractivity contribution < 1.29 is 143 Å². The molecule has 730 valence electrons. The number of fused-ring (bicyclic) bond motifs is 11. The van der Waals surface area contributed by atoms with E-state index in [1.807, 2.05) is 104 Å². The lowest BCUT2D eigenvalue weighted by Gasteiger charge is -2.47. The molecule has 15 atom stereocenters. The molecule has 0 aromatic rings. The molecule has 11 rings (SSSR count). The van der Waals surface area contributed by atoms with E-state index in [1.165, 1.54) is 0 Å². The monoisotopic (exact) mass is 1790 g/mol. The zero-order valence-electron chi connectivity index (χ0n) is 71.7. The predicted molar refractivity (Wildman–Crippen MR) is 474 cm³/mol. The number of esters is 15. The van der Waals surface area contributed by atoms with E-state index in [4.69, 9.17) is 71.1 Å². The van der Waals surface area contributed by atoms with Gasteiger partial charge in [0.1, 0.15) is 91.6 Å². The van der Waals surface area contributed by atoms with Crippen molar-refractivity contribution in [1.29, 1.82) is 0 Å². The number of hydrogen-bond acceptors (Lipinski definition) is 30. The molecule has 15 unspecified atom stereocenters. The summed E-state index contributed by atoms with van der Waals surface area (Å²) in [6.45, 7) is 36.7. The van der Waals surface area contributed by atoms with Gasteiger partial charge in [-0.1, -0.05) is 109 Å². The maximum absolute atomic E-state index is 12.2. The molecule has 11 fully saturated rings. The van der Waals surface area contributed by atoms with E-state index >= 15 is 0 Å². The van der Waals surface area contributed by atoms with Crippen LogP contribution in [0, 0.1) is 56.7 Å². The Bertz CT molecular complexity index is 3470. The topological polar surface area (TPSA) is 394 Å². The third kappa shape index (κ3) is 33.3. The van der Waals surface area contributed by atoms with E-state index < -0.39 is 97.1 Å². The Kier molecular flexibility index (Phi) is 52.1. The quantitative estimate of drug-likeness (QED) is 0.0476. The van der Waals surface area contributed by atoms with E-state index in [1.54, 1.807) is 34.6 Å². The molecule has 6 aliphatic heterocycles. The van der Waals surface area contributed by atoms with Crippen molar-refractivity contribution in [3.8, 4) is 0 Å². The molecule has 5 aliphatic carbocycles. The fourth-order valence-electron chi connectivity index (χ4n) is 14.5. The van der Waals surface area contributed by atoms with E-state index in [-0.39, 0.29) is 247 Å². The van der Waals surface area contributed by atoms with Crippen LogP contribution in [0.15, 0.2) is 0 Å². The van der Waals surface area contributed by atoms with E-state index in [0.29, 0.717) is 122 Å². The summed E-state index contributed by atoms with van der Waals surface area (Å²) in [7, 11) is 0. The second-order valence-corrected chi connectivity index (χ2v) is 36.5. The third-order valence-corrected chi connectivity index (χ3v) is 25.5. The standard InChI is InChI=1S/C18H28O6.3C17H26O6.C16H24O6.10CH4/c1-6-16(2,3)15(21)22-10-8-13(19)23-17(4)9-7-12-11-18(17,5)24-14(12)20;1-5-16(2,3)15(20)21-9-7-13(18)23-17(4)8-6-11-10-12(17)22-14(11)19;1-5-16(2,3)15(20)21-9-7-13(18)22-12-10-11-6-8-17(12,4)23-14(11)19;1-5-16(2,3)15(20)21-9-8-13(18)22-12-7-6-11-10-17(12,4)23-14(11)19;1-4-16(2,3)15(19)20-8-7-13(17)21-11-6-5-10-9-12(11)22-14(10)18;;;;;;;;;;/h12H,6-11H2,1-5H3;3*11-12H,5-10H2,1-4H3;10-12H,4-9H2,1-3H3;10*1H4. The van der Waals surface area contributed by atoms with Crippen molar-refractivity contribution in [1.82, 2.24) is 0 Å². The molecule has 0 aromatic heterocycles. The first-order valence-corrected chi connectivity index (χ1v) is 41.4. The first-order chi connectivity index (χ1) is 53.4. The average molecular weight is 1790 g/mol. The smallest absolute Gasteiger partial charge is 0.311 e. The zero-order chi connectivity index (χ0) is 86.3. The first-order valence-electron chi connectivity index (χ1n) is 41.4. The molecule has 5 saturated carbocycles. The van der Waals surface area contributed by atoms with Crippen LogP contribution in [-0.2, 0) is 143 Å². The highest BCUT2D eigenvalue weighted by atomic mass is 16.6. The SMILES string of the molecule is C.C.C.C.C.C.C.C.C.C.CCC(C)(C)C(=O)OCCC(=O)OC1(C)CCC2CC1(C)OC2=O.CCC(C)(C)C(=O)OCCC(=O)OC1(C)CCC2CC1OC2=O.CCC(C)(C)C(=O)OCCC(=O)OC1CC2CCC1(C)OC2=O.CCC(C)(C)C(=O)OCCC(=O)OC1CCC2CC1(C)OC2=O.CCC(C)(C)C(=O)OCCC(=O)OC1CCC2CC1OC2=O. The lowest BCUT2D eigenvalue weighted by Crippen LogP contribution is -2.57. The molecule has 11 aliphatic rings. The highest BCUT2D eigenvalue weighted by molar-refractivity contribution is 5.82. The summed E-state index contributed by atoms with van der Waals surface area (Å²) in [4.78, 5) is 177. The van der Waals surface area contributed by atoms with Crippen LogP contribution >= 0.6 is 0 Å². The summed E-state index contributed by atoms with van der Waals surface area (Å²) >= 11 is 0. The molecule has 30 heteroatoms. The number of ether oxygens (including phenoxy) is 15. The van der Waals surface area contributed by atoms with Gasteiger partial charge in [-0.15, -0.1) is 0 Å². The summed E-state index contributed by atoms with van der Waals surface area (Å²) in [5.41, 5.74) is -6.55. The molecule has 0 N–H and O–H groups in total. The van der Waals surface area contributed by atoms with Crippen LogP contribution in [-0.4, -0.2) is 181 Å². The maximum atomic E-state index is 12.2. The van der Waals surface area contributed by atoms with Crippen LogP contribution in [0.2, 0.25) is 0 Å². The lowest BCUT2D eigenvalue weighted by atomic mass is 9.71. The molecule has 10 bridgehead atoms. The van der Waals surface area contributed by atoms with E-state index in [9.17, 15) is 71.9 Å². The highest BCUT2D eigenvalue weighted by Gasteiger charge is 2.61. The van der Waals surface area contributed by atoms with Crippen molar-refractivity contribution >= 4 is 89.5 Å². The predicted octanol–water partition coefficient (Wildman–Crippen LogP) is 18.3. The van der Waals surface area contributed by atoms with Gasteiger partial charge in [-0.05, 0) is 200 Å². The second kappa shape index (κ2) is 51.9. The van der Waals surface area contributed by atoms with Gasteiger partial charge >= 0.3 is 89.5 Å². The van der Waals surface area contributed by atoms with E-state index in [0.717, 1.165) is 6.42 Å². The molecule has 30 nitrogen and oxygen atoms in total. The van der Waals surface area contributed by atoms with Crippen molar-refractivity contribution in [3.05, 3.63) is 0 Å². The van der Waals surface area contributed by atoms with Crippen LogP contribution in [0.1, 0.15) is 373 Å². The van der Waals surface area contributed by atoms with Crippen LogP contribution in [0.3, 0.4) is 0 Å². The minimum atomic E-state index is -0.834. The fraction of sp³-hybridized carbons (Fsp3) is 0.842. The van der Waals surface area contributed by atoms with Crippen molar-refractivity contribution in [2.75, 3.05) is 33.0 Å². The van der Waals surface area contributed by atoms with Crippen molar-refractivity contribution in [2.45, 2.75) is 432 Å². The highest BCUT2D eigenvalue weighted by Crippen LogP contribution is 2.51. The summed E-state index contributed by atoms with van der Waals surface area (Å²) in [5, 5.41) is 0. The molecule has 0 spiro atoms. The van der Waals surface area contributed by atoms with Crippen molar-refractivity contribution in [2.24, 2.45) is 56.7 Å². The Morgan fingerprint density at radius 2 is 0.672 bits per heavy atom. The van der Waals surface area contributed by atoms with E-state index in [2.05, 4.69) is 0 Å². The molecular formula is C95H170O30. The molecule has 6 heterocycles. The Morgan fingerprint density at radius 1 is 0.336 bits per heavy atom. The van der Waals surface area contributed by atoms with Crippen LogP contribution in [0.4, 0.5) is 0 Å². The maximum Gasteiger partial charge on any atom is 0.311 e. The van der Waals surface area contributed by atoms with Crippen LogP contribution in [0.25, 0.3) is 0 Å². The van der Waals surface area contributed by atoms with Crippen molar-refractivity contribution in [3.63, 3.8) is 0 Å². The zero-order valence-corrected chi connectivity index (χ0v) is 71.7. The minimum absolute atomic E-state index is 0. The number of rotatable bonds is 30. The first kappa shape index (κ1) is 126. The molecule has 6 saturated heterocycles. The third-order valence-electron chi connectivity index (χ3n) is 25.5. The minimum Gasteiger partial charge on any atom is -0.465 e. The Morgan fingerprint density at radius 3 is 1.10 bits per heavy atom. The number of carbonyl (C=O) groups excluding carboxylic acids is 15. The van der Waals surface area contributed by atoms with Gasteiger partial charge in [0.15, 0.2) is 0 Å². The number of hydrogen-bond donors (Lipinski definition) is 0. The Balaban J connectivity index is -0.000000471. The fourth-order valence-corrected chi connectivity index (χ4v) is 14.5. The average Bonchev–Trinajstić information content (AvgIpc) is 1.62. The molecule has 0 radical (unpaired) electrons. The molecular weight excluding hydrogens is 1620 g/mol. The summed E-state index contributed by atoms with van der Waals surface area (Å²) in [6, 6.07) is 0. The van der Waals surface area contributed by atoms with Gasteiger partial charge in [-0.25, -0.2) is 0 Å². The summed E-state index contributed by atoms with van der Waals surface area (Å²) < 4.78 is 79.9. The molecule has 0 aromatic carbocycles. The van der Waals surface area contributed by atoms with Gasteiger partial charge in [-0.2, -0.15) is 0 Å². The van der Waals surface area contributed by atoms with Gasteiger partial charge in [0.2, 0.25) is 0 Å². The summed E-state index contributed by atoms with van der Waals surface area (Å²) in [5.74, 6) is -5.09. The Labute approximate surface area is 750 Å². The van der Waals surface area contributed by atoms with Gasteiger partial charge in [0.25, 0.3) is 0 Å². The lowest BCUT2D eigenvalue weighted by molar-refractivity contribution is -0.218. The molecule has 0 amide bonds. The van der Waals surface area contributed by atoms with Gasteiger partial charge in [-0.3, -0.25) is 71.9 Å². The van der Waals surface area contributed by atoms with Crippen LogP contribution in [0.5, 0.6) is 0 Å². The van der Waals surface area contributed by atoms with Gasteiger partial charge in [0, 0.05) is 32.1 Å². The van der Waals surface area contributed by atoms with Gasteiger partial charge in [0.05, 0.1) is 88.8 Å². The summed E-state index contributed by atoms with van der Waals surface area (Å²) in [6.07, 6.45) is 11.2. The number of carbonyl (C=O) groups is 15. The largest absolute Gasteiger partial charge is 0.465 e. The molecule has 125 heavy (non-hydrogen) atoms. The van der Waals surface area contributed by atoms with Gasteiger partial charge < -0.3 is 71.1 Å². The second-order valence-electron chi connectivity index (χ2n) is 36.5. The Hall–Kier alpha value is -7.95.